The largest absolute Gasteiger partial charge is 1.00 e. The normalized spacial score (nSPS) is 7.60. The molecular formula is C6H4ClFN2. The highest BCUT2D eigenvalue weighted by atomic mass is 35.5. The molecule has 0 heterocycles. The van der Waals surface area contributed by atoms with Crippen LogP contribution in [0.15, 0.2) is 24.3 Å². The Kier molecular flexibility index (Phi) is 3.37. The summed E-state index contributed by atoms with van der Waals surface area (Å²) >= 11 is 5.55. The maximum atomic E-state index is 8.21. The fraction of sp³-hybridized carbons (Fsp3) is 0. The lowest BCUT2D eigenvalue weighted by molar-refractivity contribution is -0.00000196. The molecule has 0 atom stereocenters. The highest BCUT2D eigenvalue weighted by Gasteiger charge is 1.99. The number of diazo groups is 1. The fourth-order valence-electron chi connectivity index (χ4n) is 0.508. The number of rotatable bonds is 0. The molecule has 0 fully saturated rings. The van der Waals surface area contributed by atoms with Gasteiger partial charge < -0.3 is 4.70 Å². The minimum Gasteiger partial charge on any atom is -1.00 e. The monoisotopic (exact) mass is 158 g/mol. The lowest BCUT2D eigenvalue weighted by atomic mass is 10.3. The summed E-state index contributed by atoms with van der Waals surface area (Å²) in [5.41, 5.74) is 0.513. The minimum absolute atomic E-state index is 0. The molecule has 4 heteroatoms. The van der Waals surface area contributed by atoms with Gasteiger partial charge in [0.25, 0.3) is 0 Å². The molecule has 52 valence electrons. The van der Waals surface area contributed by atoms with E-state index in [2.05, 4.69) is 4.98 Å². The van der Waals surface area contributed by atoms with Gasteiger partial charge in [0.1, 0.15) is 0 Å². The van der Waals surface area contributed by atoms with E-state index in [1.807, 2.05) is 0 Å². The molecule has 0 spiro atoms. The van der Waals surface area contributed by atoms with E-state index in [9.17, 15) is 0 Å². The quantitative estimate of drug-likeness (QED) is 0.482. The van der Waals surface area contributed by atoms with Crippen molar-refractivity contribution in [3.63, 3.8) is 0 Å². The second-order valence-corrected chi connectivity index (χ2v) is 2.01. The number of benzene rings is 1. The van der Waals surface area contributed by atoms with Crippen molar-refractivity contribution < 1.29 is 4.70 Å². The van der Waals surface area contributed by atoms with Gasteiger partial charge in [0.2, 0.25) is 5.39 Å². The van der Waals surface area contributed by atoms with Gasteiger partial charge >= 0.3 is 5.69 Å². The fourth-order valence-corrected chi connectivity index (χ4v) is 0.634. The van der Waals surface area contributed by atoms with Crippen LogP contribution < -0.4 is 4.70 Å². The maximum Gasteiger partial charge on any atom is 0.385 e. The average molecular weight is 159 g/mol. The molecule has 0 unspecified atom stereocenters. The summed E-state index contributed by atoms with van der Waals surface area (Å²) in [6.07, 6.45) is 0. The van der Waals surface area contributed by atoms with E-state index in [-0.39, 0.29) is 4.70 Å². The summed E-state index contributed by atoms with van der Waals surface area (Å²) in [5, 5.41) is 8.85. The predicted octanol–water partition coefficient (Wildman–Crippen LogP) is -0.171. The van der Waals surface area contributed by atoms with E-state index in [4.69, 9.17) is 17.0 Å². The van der Waals surface area contributed by atoms with E-state index >= 15 is 0 Å². The van der Waals surface area contributed by atoms with E-state index in [1.165, 1.54) is 0 Å². The molecule has 0 N–H and O–H groups in total. The maximum absolute atomic E-state index is 8.21. The molecule has 10 heavy (non-hydrogen) atoms. The van der Waals surface area contributed by atoms with Gasteiger partial charge in [-0.1, -0.05) is 11.6 Å². The first kappa shape index (κ1) is 8.86. The molecule has 0 bridgehead atoms. The predicted molar refractivity (Wildman–Crippen MR) is 36.2 cm³/mol. The van der Waals surface area contributed by atoms with E-state index in [1.54, 1.807) is 24.3 Å². The van der Waals surface area contributed by atoms with Crippen LogP contribution in [-0.4, -0.2) is 0 Å². The molecule has 0 aliphatic carbocycles. The molecule has 1 aromatic rings. The standard InChI is InChI=1S/C6H4ClN2.FH/c7-5-1-3-6(9-8)4-2-5;/h1-4H;1H/q+1;/p-1. The van der Waals surface area contributed by atoms with Crippen LogP contribution in [0.2, 0.25) is 5.02 Å². The smallest absolute Gasteiger partial charge is 0.385 e. The molecule has 0 aliphatic rings. The van der Waals surface area contributed by atoms with Crippen molar-refractivity contribution in [1.82, 2.24) is 0 Å². The van der Waals surface area contributed by atoms with E-state index in [0.29, 0.717) is 10.7 Å². The molecule has 0 amide bonds. The highest BCUT2D eigenvalue weighted by molar-refractivity contribution is 6.30. The molecule has 0 radical (unpaired) electrons. The Bertz CT molecular complexity index is 239. The van der Waals surface area contributed by atoms with Gasteiger partial charge in [-0.25, -0.2) is 0 Å². The second kappa shape index (κ2) is 3.80. The van der Waals surface area contributed by atoms with Crippen molar-refractivity contribution in [2.24, 2.45) is 0 Å². The van der Waals surface area contributed by atoms with Crippen molar-refractivity contribution in [2.45, 2.75) is 0 Å². The van der Waals surface area contributed by atoms with E-state index < -0.39 is 0 Å². The molecule has 0 aromatic heterocycles. The van der Waals surface area contributed by atoms with Crippen LogP contribution in [0, 0.1) is 5.39 Å². The molecule has 1 rings (SSSR count). The zero-order valence-electron chi connectivity index (χ0n) is 4.96. The van der Waals surface area contributed by atoms with Gasteiger partial charge in [-0.3, -0.25) is 0 Å². The van der Waals surface area contributed by atoms with Gasteiger partial charge in [-0.05, 0) is 12.1 Å². The third-order valence-electron chi connectivity index (χ3n) is 0.942. The topological polar surface area (TPSA) is 28.1 Å². The average Bonchev–Trinajstić information content (AvgIpc) is 1.90. The molecular weight excluding hydrogens is 155 g/mol. The van der Waals surface area contributed by atoms with Crippen LogP contribution >= 0.6 is 11.6 Å². The highest BCUT2D eigenvalue weighted by Crippen LogP contribution is 2.15. The third-order valence-corrected chi connectivity index (χ3v) is 1.19. The van der Waals surface area contributed by atoms with Crippen LogP contribution in [0.3, 0.4) is 0 Å². The van der Waals surface area contributed by atoms with Crippen LogP contribution in [-0.2, 0) is 0 Å². The molecule has 0 saturated heterocycles. The molecule has 0 aliphatic heterocycles. The summed E-state index contributed by atoms with van der Waals surface area (Å²) in [4.78, 5) is 2.95. The van der Waals surface area contributed by atoms with Crippen molar-refractivity contribution >= 4 is 17.3 Å². The minimum atomic E-state index is 0. The summed E-state index contributed by atoms with van der Waals surface area (Å²) < 4.78 is 0. The first-order valence-electron chi connectivity index (χ1n) is 2.43. The summed E-state index contributed by atoms with van der Waals surface area (Å²) in [7, 11) is 0. The Morgan fingerprint density at radius 2 is 1.70 bits per heavy atom. The van der Waals surface area contributed by atoms with Crippen LogP contribution in [0.25, 0.3) is 4.98 Å². The van der Waals surface area contributed by atoms with Crippen molar-refractivity contribution in [3.8, 4) is 0 Å². The number of hydrogen-bond acceptors (Lipinski definition) is 1. The van der Waals surface area contributed by atoms with Gasteiger partial charge in [0.15, 0.2) is 4.98 Å². The Balaban J connectivity index is 0.000000810. The lowest BCUT2D eigenvalue weighted by Gasteiger charge is -1.78. The summed E-state index contributed by atoms with van der Waals surface area (Å²) in [6.45, 7) is 0. The van der Waals surface area contributed by atoms with Crippen LogP contribution in [0.5, 0.6) is 0 Å². The van der Waals surface area contributed by atoms with Gasteiger partial charge in [-0.15, -0.1) is 0 Å². The van der Waals surface area contributed by atoms with Crippen LogP contribution in [0.4, 0.5) is 5.69 Å². The molecule has 1 aromatic carbocycles. The zero-order chi connectivity index (χ0) is 6.69. The number of halogens is 2. The SMILES string of the molecule is N#[N+]c1ccc(Cl)cc1.[F-]. The summed E-state index contributed by atoms with van der Waals surface area (Å²) in [6, 6.07) is 6.58. The van der Waals surface area contributed by atoms with Gasteiger partial charge in [0.05, 0.1) is 0 Å². The van der Waals surface area contributed by atoms with Crippen molar-refractivity contribution in [1.29, 1.82) is 5.39 Å². The second-order valence-electron chi connectivity index (χ2n) is 1.58. The van der Waals surface area contributed by atoms with Gasteiger partial charge in [-0.2, -0.15) is 0 Å². The summed E-state index contributed by atoms with van der Waals surface area (Å²) in [5.74, 6) is 0. The Morgan fingerprint density at radius 3 is 2.10 bits per heavy atom. The Labute approximate surface area is 62.4 Å². The molecule has 2 nitrogen and oxygen atoms in total. The van der Waals surface area contributed by atoms with Crippen LogP contribution in [0.1, 0.15) is 0 Å². The Hall–Kier alpha value is -1.14. The van der Waals surface area contributed by atoms with E-state index in [0.717, 1.165) is 0 Å². The lowest BCUT2D eigenvalue weighted by Crippen LogP contribution is -3.00. The van der Waals surface area contributed by atoms with Crippen molar-refractivity contribution in [3.05, 3.63) is 34.3 Å². The third kappa shape index (κ3) is 2.00. The number of hydrogen-bond donors (Lipinski definition) is 0. The first-order valence-corrected chi connectivity index (χ1v) is 2.81. The number of nitrogens with zero attached hydrogens (tertiary/aromatic N) is 2. The zero-order valence-corrected chi connectivity index (χ0v) is 5.72. The first-order chi connectivity index (χ1) is 4.33. The Morgan fingerprint density at radius 1 is 1.20 bits per heavy atom. The van der Waals surface area contributed by atoms with Crippen molar-refractivity contribution in [2.75, 3.05) is 0 Å². The van der Waals surface area contributed by atoms with Gasteiger partial charge in [0, 0.05) is 17.2 Å². The molecule has 0 saturated carbocycles.